The molecule has 1 atom stereocenters. The highest BCUT2D eigenvalue weighted by Gasteiger charge is 2.14. The number of likely N-dealkylation sites (N-methyl/N-ethyl adjacent to an activating group) is 1. The lowest BCUT2D eigenvalue weighted by Gasteiger charge is -2.34. The van der Waals surface area contributed by atoms with E-state index in [4.69, 9.17) is 5.73 Å². The van der Waals surface area contributed by atoms with Gasteiger partial charge in [-0.05, 0) is 24.7 Å². The monoisotopic (exact) mass is 235 g/mol. The Morgan fingerprint density at radius 2 is 1.76 bits per heavy atom. The molecule has 1 aromatic carbocycles. The number of piperazine rings is 1. The predicted octanol–water partition coefficient (Wildman–Crippen LogP) is 0.430. The van der Waals surface area contributed by atoms with Gasteiger partial charge >= 0.3 is 0 Å². The van der Waals surface area contributed by atoms with Crippen LogP contribution in [0.15, 0.2) is 24.3 Å². The van der Waals surface area contributed by atoms with E-state index >= 15 is 0 Å². The zero-order chi connectivity index (χ0) is 12.3. The lowest BCUT2D eigenvalue weighted by atomic mass is 10.1. The summed E-state index contributed by atoms with van der Waals surface area (Å²) in [5, 5.41) is 9.62. The first-order chi connectivity index (χ1) is 8.20. The highest BCUT2D eigenvalue weighted by Crippen LogP contribution is 2.19. The van der Waals surface area contributed by atoms with Gasteiger partial charge in [0.05, 0.1) is 6.10 Å². The lowest BCUT2D eigenvalue weighted by Crippen LogP contribution is -2.44. The molecule has 0 radical (unpaired) electrons. The Bertz CT molecular complexity index is 344. The maximum Gasteiger partial charge on any atom is 0.0912 e. The third-order valence-electron chi connectivity index (χ3n) is 3.37. The Morgan fingerprint density at radius 1 is 1.18 bits per heavy atom. The minimum Gasteiger partial charge on any atom is -0.387 e. The molecule has 1 heterocycles. The van der Waals surface area contributed by atoms with Gasteiger partial charge < -0.3 is 20.6 Å². The van der Waals surface area contributed by atoms with E-state index in [0.717, 1.165) is 31.7 Å². The highest BCUT2D eigenvalue weighted by molar-refractivity contribution is 5.48. The van der Waals surface area contributed by atoms with E-state index in [0.29, 0.717) is 0 Å². The Balaban J connectivity index is 2.02. The van der Waals surface area contributed by atoms with Gasteiger partial charge in [-0.25, -0.2) is 0 Å². The van der Waals surface area contributed by atoms with Crippen LogP contribution in [0.3, 0.4) is 0 Å². The molecule has 4 nitrogen and oxygen atoms in total. The predicted molar refractivity (Wildman–Crippen MR) is 70.2 cm³/mol. The fourth-order valence-corrected chi connectivity index (χ4v) is 2.11. The second kappa shape index (κ2) is 5.49. The average Bonchev–Trinajstić information content (AvgIpc) is 2.39. The molecule has 1 aliphatic heterocycles. The molecule has 1 saturated heterocycles. The van der Waals surface area contributed by atoms with Crippen molar-refractivity contribution in [2.45, 2.75) is 6.10 Å². The fourth-order valence-electron chi connectivity index (χ4n) is 2.11. The van der Waals surface area contributed by atoms with Gasteiger partial charge in [0.15, 0.2) is 0 Å². The van der Waals surface area contributed by atoms with Crippen LogP contribution in [0.1, 0.15) is 11.7 Å². The molecule has 1 aromatic rings. The molecule has 2 rings (SSSR count). The van der Waals surface area contributed by atoms with Gasteiger partial charge in [0.1, 0.15) is 0 Å². The van der Waals surface area contributed by atoms with E-state index in [1.165, 1.54) is 5.69 Å². The summed E-state index contributed by atoms with van der Waals surface area (Å²) < 4.78 is 0. The largest absolute Gasteiger partial charge is 0.387 e. The fraction of sp³-hybridized carbons (Fsp3) is 0.538. The minimum absolute atomic E-state index is 0.272. The van der Waals surface area contributed by atoms with Crippen LogP contribution in [0, 0.1) is 0 Å². The standard InChI is InChI=1S/C13H21N3O/c1-15-6-8-16(9-7-15)12-4-2-11(3-5-12)13(17)10-14/h2-5,13,17H,6-10,14H2,1H3. The van der Waals surface area contributed by atoms with Crippen LogP contribution in [0.5, 0.6) is 0 Å². The molecule has 0 saturated carbocycles. The third-order valence-corrected chi connectivity index (χ3v) is 3.37. The Morgan fingerprint density at radius 3 is 2.29 bits per heavy atom. The highest BCUT2D eigenvalue weighted by atomic mass is 16.3. The molecule has 0 bridgehead atoms. The smallest absolute Gasteiger partial charge is 0.0912 e. The van der Waals surface area contributed by atoms with Gasteiger partial charge in [0.25, 0.3) is 0 Å². The van der Waals surface area contributed by atoms with E-state index in [-0.39, 0.29) is 6.54 Å². The van der Waals surface area contributed by atoms with Crippen molar-refractivity contribution in [1.82, 2.24) is 4.90 Å². The first-order valence-corrected chi connectivity index (χ1v) is 6.12. The topological polar surface area (TPSA) is 52.7 Å². The number of hydrogen-bond acceptors (Lipinski definition) is 4. The third kappa shape index (κ3) is 2.97. The molecule has 17 heavy (non-hydrogen) atoms. The number of rotatable bonds is 3. The van der Waals surface area contributed by atoms with Crippen molar-refractivity contribution in [3.05, 3.63) is 29.8 Å². The maximum atomic E-state index is 9.62. The Kier molecular flexibility index (Phi) is 3.99. The van der Waals surface area contributed by atoms with Crippen LogP contribution in [0.2, 0.25) is 0 Å². The van der Waals surface area contributed by atoms with Crippen molar-refractivity contribution < 1.29 is 5.11 Å². The number of nitrogens with zero attached hydrogens (tertiary/aromatic N) is 2. The van der Waals surface area contributed by atoms with E-state index in [9.17, 15) is 5.11 Å². The number of aliphatic hydroxyl groups excluding tert-OH is 1. The summed E-state index contributed by atoms with van der Waals surface area (Å²) in [5.41, 5.74) is 7.56. The number of nitrogens with two attached hydrogens (primary N) is 1. The second-order valence-corrected chi connectivity index (χ2v) is 4.63. The molecule has 1 aliphatic rings. The van der Waals surface area contributed by atoms with Crippen LogP contribution in [0.4, 0.5) is 5.69 Å². The maximum absolute atomic E-state index is 9.62. The van der Waals surface area contributed by atoms with Crippen LogP contribution in [0.25, 0.3) is 0 Å². The number of benzene rings is 1. The summed E-state index contributed by atoms with van der Waals surface area (Å²) in [7, 11) is 2.15. The first-order valence-electron chi connectivity index (χ1n) is 6.12. The van der Waals surface area contributed by atoms with Crippen molar-refractivity contribution in [3.63, 3.8) is 0 Å². The summed E-state index contributed by atoms with van der Waals surface area (Å²) in [6, 6.07) is 8.06. The van der Waals surface area contributed by atoms with Crippen molar-refractivity contribution >= 4 is 5.69 Å². The van der Waals surface area contributed by atoms with Crippen molar-refractivity contribution in [2.75, 3.05) is 44.7 Å². The van der Waals surface area contributed by atoms with Gasteiger partial charge in [-0.3, -0.25) is 0 Å². The normalized spacial score (nSPS) is 19.4. The summed E-state index contributed by atoms with van der Waals surface area (Å²) in [4.78, 5) is 4.71. The van der Waals surface area contributed by atoms with Crippen molar-refractivity contribution in [3.8, 4) is 0 Å². The first kappa shape index (κ1) is 12.4. The van der Waals surface area contributed by atoms with Crippen LogP contribution >= 0.6 is 0 Å². The molecule has 3 N–H and O–H groups in total. The van der Waals surface area contributed by atoms with E-state index in [1.54, 1.807) is 0 Å². The zero-order valence-electron chi connectivity index (χ0n) is 10.3. The molecule has 4 heteroatoms. The van der Waals surface area contributed by atoms with Crippen molar-refractivity contribution in [2.24, 2.45) is 5.73 Å². The molecule has 0 aliphatic carbocycles. The van der Waals surface area contributed by atoms with Gasteiger partial charge in [-0.15, -0.1) is 0 Å². The summed E-state index contributed by atoms with van der Waals surface area (Å²) in [5.74, 6) is 0. The van der Waals surface area contributed by atoms with Crippen molar-refractivity contribution in [1.29, 1.82) is 0 Å². The van der Waals surface area contributed by atoms with E-state index in [1.807, 2.05) is 12.1 Å². The molecule has 94 valence electrons. The summed E-state index contributed by atoms with van der Waals surface area (Å²) in [6.07, 6.45) is -0.545. The van der Waals surface area contributed by atoms with Gasteiger partial charge in [-0.1, -0.05) is 12.1 Å². The van der Waals surface area contributed by atoms with Crippen LogP contribution in [-0.4, -0.2) is 49.8 Å². The molecule has 0 spiro atoms. The minimum atomic E-state index is -0.545. The van der Waals surface area contributed by atoms with Crippen LogP contribution in [-0.2, 0) is 0 Å². The molecular weight excluding hydrogens is 214 g/mol. The SMILES string of the molecule is CN1CCN(c2ccc(C(O)CN)cc2)CC1. The van der Waals surface area contributed by atoms with Gasteiger partial charge in [-0.2, -0.15) is 0 Å². The number of aliphatic hydroxyl groups is 1. The van der Waals surface area contributed by atoms with Crippen LogP contribution < -0.4 is 10.6 Å². The quantitative estimate of drug-likeness (QED) is 0.798. The Labute approximate surface area is 103 Å². The molecule has 1 fully saturated rings. The average molecular weight is 235 g/mol. The lowest BCUT2D eigenvalue weighted by molar-refractivity contribution is 0.187. The summed E-state index contributed by atoms with van der Waals surface area (Å²) >= 11 is 0. The van der Waals surface area contributed by atoms with Gasteiger partial charge in [0, 0.05) is 38.4 Å². The summed E-state index contributed by atoms with van der Waals surface area (Å²) in [6.45, 7) is 4.61. The Hall–Kier alpha value is -1.10. The number of hydrogen-bond donors (Lipinski definition) is 2. The molecule has 0 aromatic heterocycles. The number of anilines is 1. The molecule has 1 unspecified atom stereocenters. The molecular formula is C13H21N3O. The molecule has 0 amide bonds. The van der Waals surface area contributed by atoms with E-state index < -0.39 is 6.10 Å². The zero-order valence-corrected chi connectivity index (χ0v) is 10.3. The van der Waals surface area contributed by atoms with Gasteiger partial charge in [0.2, 0.25) is 0 Å². The van der Waals surface area contributed by atoms with E-state index in [2.05, 4.69) is 29.0 Å². The second-order valence-electron chi connectivity index (χ2n) is 4.63.